The van der Waals surface area contributed by atoms with Crippen molar-refractivity contribution >= 4 is 5.97 Å². The Balaban J connectivity index is 1.91. The zero-order chi connectivity index (χ0) is 9.97. The lowest BCUT2D eigenvalue weighted by molar-refractivity contribution is -0.138. The number of fused-ring (bicyclic) bond motifs is 2. The number of ether oxygens (including phenoxy) is 1. The van der Waals surface area contributed by atoms with Crippen molar-refractivity contribution in [2.24, 2.45) is 17.8 Å². The van der Waals surface area contributed by atoms with Gasteiger partial charge in [-0.25, -0.2) is 0 Å². The number of carboxylic acid groups (broad SMARTS) is 1. The van der Waals surface area contributed by atoms with E-state index < -0.39 is 5.97 Å². The van der Waals surface area contributed by atoms with Gasteiger partial charge in [0.2, 0.25) is 0 Å². The zero-order valence-corrected chi connectivity index (χ0v) is 8.45. The first-order valence-corrected chi connectivity index (χ1v) is 5.57. The Kier molecular flexibility index (Phi) is 3.06. The summed E-state index contributed by atoms with van der Waals surface area (Å²) in [5, 5.41) is 8.68. The van der Waals surface area contributed by atoms with Crippen LogP contribution >= 0.6 is 0 Å². The summed E-state index contributed by atoms with van der Waals surface area (Å²) >= 11 is 0. The van der Waals surface area contributed by atoms with Gasteiger partial charge in [-0.05, 0) is 37.0 Å². The minimum atomic E-state index is -0.658. The maximum absolute atomic E-state index is 10.5. The van der Waals surface area contributed by atoms with E-state index in [1.165, 1.54) is 19.3 Å². The third kappa shape index (κ3) is 2.08. The van der Waals surface area contributed by atoms with E-state index in [2.05, 4.69) is 0 Å². The second-order valence-corrected chi connectivity index (χ2v) is 4.58. The maximum Gasteiger partial charge on any atom is 0.303 e. The Labute approximate surface area is 84.4 Å². The van der Waals surface area contributed by atoms with Crippen molar-refractivity contribution in [3.8, 4) is 0 Å². The molecule has 0 amide bonds. The first-order valence-electron chi connectivity index (χ1n) is 5.57. The monoisotopic (exact) mass is 198 g/mol. The van der Waals surface area contributed by atoms with Crippen LogP contribution in [0.1, 0.15) is 32.1 Å². The SMILES string of the molecule is O=C(O)CCC1C2CCCC1COC2. The summed E-state index contributed by atoms with van der Waals surface area (Å²) in [5.74, 6) is 1.24. The van der Waals surface area contributed by atoms with E-state index in [1.54, 1.807) is 0 Å². The molecule has 1 N–H and O–H groups in total. The van der Waals surface area contributed by atoms with Crippen LogP contribution in [0.25, 0.3) is 0 Å². The molecule has 1 saturated carbocycles. The number of carbonyl (C=O) groups is 1. The molecule has 0 spiro atoms. The summed E-state index contributed by atoms with van der Waals surface area (Å²) in [6.45, 7) is 1.72. The summed E-state index contributed by atoms with van der Waals surface area (Å²) < 4.78 is 5.53. The lowest BCUT2D eigenvalue weighted by Crippen LogP contribution is -2.39. The average molecular weight is 198 g/mol. The van der Waals surface area contributed by atoms with Gasteiger partial charge in [0, 0.05) is 19.6 Å². The molecule has 2 rings (SSSR count). The molecule has 14 heavy (non-hydrogen) atoms. The molecule has 80 valence electrons. The smallest absolute Gasteiger partial charge is 0.303 e. The first-order chi connectivity index (χ1) is 6.77. The largest absolute Gasteiger partial charge is 0.481 e. The summed E-state index contributed by atoms with van der Waals surface area (Å²) in [6, 6.07) is 0. The zero-order valence-electron chi connectivity index (χ0n) is 8.45. The summed E-state index contributed by atoms with van der Waals surface area (Å²) in [4.78, 5) is 10.5. The molecule has 2 unspecified atom stereocenters. The number of hydrogen-bond donors (Lipinski definition) is 1. The number of aliphatic carboxylic acids is 1. The molecule has 1 heterocycles. The molecule has 0 aromatic heterocycles. The van der Waals surface area contributed by atoms with Crippen LogP contribution in [-0.4, -0.2) is 24.3 Å². The van der Waals surface area contributed by atoms with Crippen LogP contribution in [0.4, 0.5) is 0 Å². The van der Waals surface area contributed by atoms with E-state index in [0.717, 1.165) is 19.6 Å². The van der Waals surface area contributed by atoms with Gasteiger partial charge in [-0.15, -0.1) is 0 Å². The average Bonchev–Trinajstić information content (AvgIpc) is 2.13. The number of carboxylic acids is 1. The molecule has 2 fully saturated rings. The lowest BCUT2D eigenvalue weighted by Gasteiger charge is -2.42. The van der Waals surface area contributed by atoms with Crippen molar-refractivity contribution in [3.05, 3.63) is 0 Å². The molecular weight excluding hydrogens is 180 g/mol. The second kappa shape index (κ2) is 4.30. The summed E-state index contributed by atoms with van der Waals surface area (Å²) in [6.07, 6.45) is 4.97. The summed E-state index contributed by atoms with van der Waals surface area (Å²) in [5.41, 5.74) is 0. The Morgan fingerprint density at radius 1 is 1.29 bits per heavy atom. The molecule has 1 aliphatic heterocycles. The van der Waals surface area contributed by atoms with Crippen LogP contribution in [0.15, 0.2) is 0 Å². The van der Waals surface area contributed by atoms with Crippen LogP contribution in [0.5, 0.6) is 0 Å². The van der Waals surface area contributed by atoms with Gasteiger partial charge in [-0.2, -0.15) is 0 Å². The van der Waals surface area contributed by atoms with Gasteiger partial charge in [-0.3, -0.25) is 4.79 Å². The Morgan fingerprint density at radius 2 is 1.93 bits per heavy atom. The Bertz CT molecular complexity index is 193. The Hall–Kier alpha value is -0.570. The molecular formula is C11H18O3. The predicted molar refractivity (Wildman–Crippen MR) is 52.0 cm³/mol. The van der Waals surface area contributed by atoms with Gasteiger partial charge >= 0.3 is 5.97 Å². The fourth-order valence-corrected chi connectivity index (χ4v) is 3.00. The van der Waals surface area contributed by atoms with Crippen molar-refractivity contribution in [2.45, 2.75) is 32.1 Å². The molecule has 2 atom stereocenters. The van der Waals surface area contributed by atoms with Gasteiger partial charge in [0.25, 0.3) is 0 Å². The highest BCUT2D eigenvalue weighted by Crippen LogP contribution is 2.41. The second-order valence-electron chi connectivity index (χ2n) is 4.58. The van der Waals surface area contributed by atoms with Crippen LogP contribution in [0, 0.1) is 17.8 Å². The van der Waals surface area contributed by atoms with Crippen molar-refractivity contribution in [2.75, 3.05) is 13.2 Å². The van der Waals surface area contributed by atoms with Gasteiger partial charge < -0.3 is 9.84 Å². The van der Waals surface area contributed by atoms with Crippen LogP contribution in [0.2, 0.25) is 0 Å². The molecule has 0 radical (unpaired) electrons. The van der Waals surface area contributed by atoms with Crippen LogP contribution < -0.4 is 0 Å². The van der Waals surface area contributed by atoms with E-state index in [9.17, 15) is 4.79 Å². The molecule has 1 aliphatic carbocycles. The van der Waals surface area contributed by atoms with Crippen molar-refractivity contribution in [1.82, 2.24) is 0 Å². The molecule has 3 nitrogen and oxygen atoms in total. The standard InChI is InChI=1S/C11H18O3/c12-11(13)5-4-10-8-2-1-3-9(10)7-14-6-8/h8-10H,1-7H2,(H,12,13). The minimum Gasteiger partial charge on any atom is -0.481 e. The quantitative estimate of drug-likeness (QED) is 0.753. The third-order valence-corrected chi connectivity index (χ3v) is 3.72. The topological polar surface area (TPSA) is 46.5 Å². The van der Waals surface area contributed by atoms with E-state index in [-0.39, 0.29) is 0 Å². The third-order valence-electron chi connectivity index (χ3n) is 3.72. The van der Waals surface area contributed by atoms with Crippen molar-refractivity contribution < 1.29 is 14.6 Å². The molecule has 0 aromatic rings. The van der Waals surface area contributed by atoms with Crippen LogP contribution in [-0.2, 0) is 9.53 Å². The highest BCUT2D eigenvalue weighted by molar-refractivity contribution is 5.66. The number of rotatable bonds is 3. The van der Waals surface area contributed by atoms with Gasteiger partial charge in [0.05, 0.1) is 0 Å². The fraction of sp³-hybridized carbons (Fsp3) is 0.909. The predicted octanol–water partition coefficient (Wildman–Crippen LogP) is 1.91. The minimum absolute atomic E-state index is 0.331. The van der Waals surface area contributed by atoms with E-state index >= 15 is 0 Å². The lowest BCUT2D eigenvalue weighted by atomic mass is 9.69. The van der Waals surface area contributed by atoms with Crippen molar-refractivity contribution in [1.29, 1.82) is 0 Å². The highest BCUT2D eigenvalue weighted by Gasteiger charge is 2.36. The summed E-state index contributed by atoms with van der Waals surface area (Å²) in [7, 11) is 0. The molecule has 2 bridgehead atoms. The maximum atomic E-state index is 10.5. The number of hydrogen-bond acceptors (Lipinski definition) is 2. The Morgan fingerprint density at radius 3 is 2.50 bits per heavy atom. The van der Waals surface area contributed by atoms with Crippen molar-refractivity contribution in [3.63, 3.8) is 0 Å². The van der Waals surface area contributed by atoms with Gasteiger partial charge in [0.15, 0.2) is 0 Å². The first kappa shape index (κ1) is 9.97. The fourth-order valence-electron chi connectivity index (χ4n) is 3.00. The van der Waals surface area contributed by atoms with E-state index in [1.807, 2.05) is 0 Å². The van der Waals surface area contributed by atoms with E-state index in [0.29, 0.717) is 24.2 Å². The molecule has 1 saturated heterocycles. The van der Waals surface area contributed by atoms with Gasteiger partial charge in [-0.1, -0.05) is 6.42 Å². The van der Waals surface area contributed by atoms with Gasteiger partial charge in [0.1, 0.15) is 0 Å². The van der Waals surface area contributed by atoms with Crippen LogP contribution in [0.3, 0.4) is 0 Å². The highest BCUT2D eigenvalue weighted by atomic mass is 16.5. The molecule has 0 aromatic carbocycles. The van der Waals surface area contributed by atoms with E-state index in [4.69, 9.17) is 9.84 Å². The molecule has 3 heteroatoms. The normalized spacial score (nSPS) is 36.7. The molecule has 2 aliphatic rings.